The lowest BCUT2D eigenvalue weighted by molar-refractivity contribution is 0.171. The van der Waals surface area contributed by atoms with Gasteiger partial charge in [-0.25, -0.2) is 0 Å². The molecule has 1 aromatic rings. The average molecular weight is 310 g/mol. The van der Waals surface area contributed by atoms with Crippen molar-refractivity contribution in [1.82, 2.24) is 10.2 Å². The number of benzene rings is 1. The minimum Gasteiger partial charge on any atom is -0.486 e. The molecule has 1 aromatic carbocycles. The Morgan fingerprint density at radius 1 is 1.14 bits per heavy atom. The van der Waals surface area contributed by atoms with E-state index in [2.05, 4.69) is 42.5 Å². The summed E-state index contributed by atoms with van der Waals surface area (Å²) in [5.41, 5.74) is 1.28. The Kier molecular flexibility index (Phi) is 6.67. The molecule has 0 radical (unpaired) electrons. The van der Waals surface area contributed by atoms with Crippen molar-refractivity contribution >= 4 is 11.8 Å². The van der Waals surface area contributed by atoms with Crippen molar-refractivity contribution < 1.29 is 9.47 Å². The summed E-state index contributed by atoms with van der Waals surface area (Å²) in [5.74, 6) is 1.75. The Bertz CT molecular complexity index is 450. The second-order valence-corrected chi connectivity index (χ2v) is 5.86. The zero-order valence-electron chi connectivity index (χ0n) is 13.3. The van der Waals surface area contributed by atoms with Crippen LogP contribution in [0.1, 0.15) is 19.4 Å². The maximum Gasteiger partial charge on any atom is 0.162 e. The highest BCUT2D eigenvalue weighted by Gasteiger charge is 2.15. The van der Waals surface area contributed by atoms with Crippen LogP contribution in [0.3, 0.4) is 0 Å². The Balaban J connectivity index is 1.93. The molecular weight excluding hydrogens is 284 g/mol. The zero-order valence-corrected chi connectivity index (χ0v) is 14.1. The fraction of sp³-hybridized carbons (Fsp3) is 0.625. The number of ether oxygens (including phenoxy) is 2. The summed E-state index contributed by atoms with van der Waals surface area (Å²) in [4.78, 5) is 3.68. The third-order valence-corrected chi connectivity index (χ3v) is 4.58. The van der Waals surface area contributed by atoms with Crippen LogP contribution in [0.4, 0.5) is 0 Å². The minimum atomic E-state index is 0.639. The number of hydrogen-bond donors (Lipinski definition) is 1. The lowest BCUT2D eigenvalue weighted by Crippen LogP contribution is -2.31. The number of thioether (sulfide) groups is 1. The van der Waals surface area contributed by atoms with Crippen molar-refractivity contribution in [3.8, 4) is 11.5 Å². The second kappa shape index (κ2) is 8.51. The summed E-state index contributed by atoms with van der Waals surface area (Å²) < 4.78 is 11.3. The van der Waals surface area contributed by atoms with E-state index in [4.69, 9.17) is 9.47 Å². The maximum absolute atomic E-state index is 5.67. The lowest BCUT2D eigenvalue weighted by atomic mass is 10.2. The van der Waals surface area contributed by atoms with Crippen LogP contribution in [0, 0.1) is 0 Å². The van der Waals surface area contributed by atoms with E-state index in [0.29, 0.717) is 13.2 Å². The molecule has 2 rings (SSSR count). The van der Waals surface area contributed by atoms with Gasteiger partial charge < -0.3 is 19.7 Å². The topological polar surface area (TPSA) is 33.7 Å². The van der Waals surface area contributed by atoms with Gasteiger partial charge in [0, 0.05) is 24.5 Å². The van der Waals surface area contributed by atoms with Gasteiger partial charge >= 0.3 is 0 Å². The smallest absolute Gasteiger partial charge is 0.162 e. The van der Waals surface area contributed by atoms with Crippen molar-refractivity contribution in [3.05, 3.63) is 17.7 Å². The Morgan fingerprint density at radius 2 is 1.81 bits per heavy atom. The first-order valence-corrected chi connectivity index (χ1v) is 8.90. The van der Waals surface area contributed by atoms with Gasteiger partial charge in [-0.15, -0.1) is 11.8 Å². The molecule has 0 amide bonds. The molecule has 0 aromatic heterocycles. The van der Waals surface area contributed by atoms with Crippen molar-refractivity contribution in [2.24, 2.45) is 0 Å². The molecule has 118 valence electrons. The van der Waals surface area contributed by atoms with E-state index in [-0.39, 0.29) is 0 Å². The van der Waals surface area contributed by atoms with Crippen LogP contribution in [0.15, 0.2) is 17.0 Å². The van der Waals surface area contributed by atoms with E-state index < -0.39 is 0 Å². The SMILES string of the molecule is CCN(CC)CCNCc1cc2c(cc1SC)OCCO2. The molecule has 1 heterocycles. The largest absolute Gasteiger partial charge is 0.486 e. The molecule has 0 spiro atoms. The van der Waals surface area contributed by atoms with Crippen LogP contribution in [0.5, 0.6) is 11.5 Å². The summed E-state index contributed by atoms with van der Waals surface area (Å²) in [6.07, 6.45) is 2.10. The van der Waals surface area contributed by atoms with Crippen LogP contribution in [-0.4, -0.2) is 50.5 Å². The van der Waals surface area contributed by atoms with Gasteiger partial charge in [-0.1, -0.05) is 13.8 Å². The van der Waals surface area contributed by atoms with Crippen molar-refractivity contribution in [3.63, 3.8) is 0 Å². The maximum atomic E-state index is 5.67. The molecular formula is C16H26N2O2S. The van der Waals surface area contributed by atoms with Crippen LogP contribution in [0.2, 0.25) is 0 Å². The van der Waals surface area contributed by atoms with Gasteiger partial charge in [-0.05, 0) is 37.0 Å². The average Bonchev–Trinajstić information content (AvgIpc) is 2.54. The molecule has 21 heavy (non-hydrogen) atoms. The van der Waals surface area contributed by atoms with Gasteiger partial charge in [0.15, 0.2) is 11.5 Å². The number of nitrogens with zero attached hydrogens (tertiary/aromatic N) is 1. The Morgan fingerprint density at radius 3 is 2.43 bits per heavy atom. The third kappa shape index (κ3) is 4.53. The van der Waals surface area contributed by atoms with Gasteiger partial charge in [-0.3, -0.25) is 0 Å². The molecule has 0 bridgehead atoms. The number of fused-ring (bicyclic) bond motifs is 1. The van der Waals surface area contributed by atoms with E-state index in [0.717, 1.165) is 44.2 Å². The zero-order chi connectivity index (χ0) is 15.1. The van der Waals surface area contributed by atoms with Crippen molar-refractivity contribution in [1.29, 1.82) is 0 Å². The first-order chi connectivity index (χ1) is 10.3. The standard InChI is InChI=1S/C16H26N2O2S/c1-4-18(5-2)7-6-17-12-13-10-14-15(11-16(13)21-3)20-9-8-19-14/h10-11,17H,4-9,12H2,1-3H3. The normalized spacial score (nSPS) is 13.7. The van der Waals surface area contributed by atoms with Crippen LogP contribution in [-0.2, 0) is 6.54 Å². The molecule has 1 aliphatic heterocycles. The first kappa shape index (κ1) is 16.5. The molecule has 0 saturated heterocycles. The predicted molar refractivity (Wildman–Crippen MR) is 88.7 cm³/mol. The number of rotatable bonds is 8. The number of likely N-dealkylation sites (N-methyl/N-ethyl adjacent to an activating group) is 1. The van der Waals surface area contributed by atoms with Crippen molar-refractivity contribution in [2.75, 3.05) is 45.6 Å². The van der Waals surface area contributed by atoms with E-state index in [9.17, 15) is 0 Å². The van der Waals surface area contributed by atoms with Gasteiger partial charge in [0.1, 0.15) is 13.2 Å². The summed E-state index contributed by atoms with van der Waals surface area (Å²) in [6, 6.07) is 4.21. The van der Waals surface area contributed by atoms with Gasteiger partial charge in [0.05, 0.1) is 0 Å². The fourth-order valence-electron chi connectivity index (χ4n) is 2.44. The molecule has 1 N–H and O–H groups in total. The molecule has 1 aliphatic rings. The van der Waals surface area contributed by atoms with E-state index in [1.807, 2.05) is 0 Å². The van der Waals surface area contributed by atoms with Gasteiger partial charge in [0.25, 0.3) is 0 Å². The van der Waals surface area contributed by atoms with E-state index in [1.54, 1.807) is 11.8 Å². The van der Waals surface area contributed by atoms with E-state index in [1.165, 1.54) is 10.5 Å². The highest BCUT2D eigenvalue weighted by Crippen LogP contribution is 2.36. The first-order valence-electron chi connectivity index (χ1n) is 7.68. The predicted octanol–water partition coefficient (Wildman–Crippen LogP) is 2.61. The van der Waals surface area contributed by atoms with E-state index >= 15 is 0 Å². The van der Waals surface area contributed by atoms with Crippen molar-refractivity contribution in [2.45, 2.75) is 25.3 Å². The van der Waals surface area contributed by atoms with Gasteiger partial charge in [-0.2, -0.15) is 0 Å². The summed E-state index contributed by atoms with van der Waals surface area (Å²) in [5, 5.41) is 3.53. The quantitative estimate of drug-likeness (QED) is 0.590. The Hall–Kier alpha value is -0.910. The molecule has 0 aliphatic carbocycles. The molecule has 0 unspecified atom stereocenters. The highest BCUT2D eigenvalue weighted by atomic mass is 32.2. The summed E-state index contributed by atoms with van der Waals surface area (Å²) in [6.45, 7) is 10.9. The minimum absolute atomic E-state index is 0.639. The third-order valence-electron chi connectivity index (χ3n) is 3.76. The van der Waals surface area contributed by atoms with Crippen LogP contribution >= 0.6 is 11.8 Å². The molecule has 0 saturated carbocycles. The van der Waals surface area contributed by atoms with Crippen LogP contribution < -0.4 is 14.8 Å². The molecule has 0 fully saturated rings. The Labute approximate surface area is 132 Å². The summed E-state index contributed by atoms with van der Waals surface area (Å²) >= 11 is 1.76. The monoisotopic (exact) mass is 310 g/mol. The fourth-order valence-corrected chi connectivity index (χ4v) is 3.06. The van der Waals surface area contributed by atoms with Gasteiger partial charge in [0.2, 0.25) is 0 Å². The lowest BCUT2D eigenvalue weighted by Gasteiger charge is -2.21. The number of nitrogens with one attached hydrogen (secondary N) is 1. The molecule has 4 nitrogen and oxygen atoms in total. The van der Waals surface area contributed by atoms with Crippen LogP contribution in [0.25, 0.3) is 0 Å². The summed E-state index contributed by atoms with van der Waals surface area (Å²) in [7, 11) is 0. The molecule has 5 heteroatoms. The molecule has 0 atom stereocenters. The second-order valence-electron chi connectivity index (χ2n) is 5.01. The highest BCUT2D eigenvalue weighted by molar-refractivity contribution is 7.98. The number of hydrogen-bond acceptors (Lipinski definition) is 5.